The molecule has 0 aliphatic carbocycles. The summed E-state index contributed by atoms with van der Waals surface area (Å²) in [4.78, 5) is 0. The molecule has 3 heteroatoms. The smallest absolute Gasteiger partial charge is 0.127 e. The van der Waals surface area contributed by atoms with Crippen LogP contribution >= 0.6 is 0 Å². The van der Waals surface area contributed by atoms with Crippen molar-refractivity contribution in [3.63, 3.8) is 0 Å². The van der Waals surface area contributed by atoms with Crippen LogP contribution in [0.2, 0.25) is 0 Å². The van der Waals surface area contributed by atoms with Crippen LogP contribution in [-0.2, 0) is 4.74 Å². The summed E-state index contributed by atoms with van der Waals surface area (Å²) in [6, 6.07) is 15.6. The molecule has 0 bridgehead atoms. The van der Waals surface area contributed by atoms with Crippen molar-refractivity contribution in [2.75, 3.05) is 13.7 Å². The van der Waals surface area contributed by atoms with E-state index in [9.17, 15) is 0 Å². The average Bonchev–Trinajstić information content (AvgIpc) is 2.63. The van der Waals surface area contributed by atoms with Crippen LogP contribution in [-0.4, -0.2) is 25.9 Å². The first-order chi connectivity index (χ1) is 11.7. The zero-order valence-corrected chi connectivity index (χ0v) is 14.3. The van der Waals surface area contributed by atoms with Crippen LogP contribution in [0.1, 0.15) is 18.1 Å². The minimum absolute atomic E-state index is 0.142. The van der Waals surface area contributed by atoms with Gasteiger partial charge in [0.1, 0.15) is 30.3 Å². The molecule has 0 amide bonds. The summed E-state index contributed by atoms with van der Waals surface area (Å²) in [5.74, 6) is 1.59. The largest absolute Gasteiger partial charge is 0.491 e. The Balaban J connectivity index is 1.90. The molecule has 0 radical (unpaired) electrons. The molecule has 0 saturated carbocycles. The average molecular weight is 324 g/mol. The number of ether oxygens (including phenoxy) is 3. The van der Waals surface area contributed by atoms with E-state index in [1.807, 2.05) is 55.5 Å². The lowest BCUT2D eigenvalue weighted by Crippen LogP contribution is -2.35. The van der Waals surface area contributed by atoms with E-state index in [1.54, 1.807) is 19.3 Å². The predicted octanol–water partition coefficient (Wildman–Crippen LogP) is 4.83. The predicted molar refractivity (Wildman–Crippen MR) is 99.4 cm³/mol. The summed E-state index contributed by atoms with van der Waals surface area (Å²) in [5, 5.41) is 0. The molecule has 24 heavy (non-hydrogen) atoms. The zero-order chi connectivity index (χ0) is 17.4. The second kappa shape index (κ2) is 8.94. The first kappa shape index (κ1) is 17.8. The Hall–Kier alpha value is -2.52. The third-order valence-electron chi connectivity index (χ3n) is 3.79. The third-order valence-corrected chi connectivity index (χ3v) is 3.79. The molecule has 2 aromatic carbocycles. The van der Waals surface area contributed by atoms with Gasteiger partial charge in [-0.2, -0.15) is 0 Å². The lowest BCUT2D eigenvalue weighted by molar-refractivity contribution is -0.0161. The van der Waals surface area contributed by atoms with E-state index in [0.717, 1.165) is 22.6 Å². The van der Waals surface area contributed by atoms with E-state index < -0.39 is 0 Å². The van der Waals surface area contributed by atoms with Crippen molar-refractivity contribution in [1.29, 1.82) is 0 Å². The van der Waals surface area contributed by atoms with Crippen molar-refractivity contribution in [1.82, 2.24) is 0 Å². The van der Waals surface area contributed by atoms with E-state index in [2.05, 4.69) is 13.2 Å². The number of hydrogen-bond acceptors (Lipinski definition) is 3. The summed E-state index contributed by atoms with van der Waals surface area (Å²) < 4.78 is 17.3. The van der Waals surface area contributed by atoms with Gasteiger partial charge in [-0.25, -0.2) is 0 Å². The Morgan fingerprint density at radius 2 is 1.38 bits per heavy atom. The first-order valence-corrected chi connectivity index (χ1v) is 7.93. The monoisotopic (exact) mass is 324 g/mol. The fourth-order valence-corrected chi connectivity index (χ4v) is 2.25. The number of benzene rings is 2. The first-order valence-electron chi connectivity index (χ1n) is 7.93. The van der Waals surface area contributed by atoms with Gasteiger partial charge in [-0.3, -0.25) is 0 Å². The third kappa shape index (κ3) is 5.00. The van der Waals surface area contributed by atoms with Crippen molar-refractivity contribution in [2.45, 2.75) is 19.1 Å². The van der Waals surface area contributed by atoms with Gasteiger partial charge in [0.25, 0.3) is 0 Å². The van der Waals surface area contributed by atoms with Crippen LogP contribution in [0, 0.1) is 0 Å². The number of rotatable bonds is 9. The molecule has 2 aromatic rings. The Morgan fingerprint density at radius 3 is 1.83 bits per heavy atom. The van der Waals surface area contributed by atoms with E-state index in [4.69, 9.17) is 14.2 Å². The molecule has 0 N–H and O–H groups in total. The van der Waals surface area contributed by atoms with Crippen LogP contribution in [0.3, 0.4) is 0 Å². The highest BCUT2D eigenvalue weighted by Gasteiger charge is 2.19. The van der Waals surface area contributed by atoms with Crippen molar-refractivity contribution < 1.29 is 14.2 Å². The van der Waals surface area contributed by atoms with Crippen LogP contribution < -0.4 is 9.47 Å². The van der Waals surface area contributed by atoms with Crippen LogP contribution in [0.15, 0.2) is 61.7 Å². The molecule has 0 fully saturated rings. The van der Waals surface area contributed by atoms with Gasteiger partial charge in [0, 0.05) is 7.11 Å². The highest BCUT2D eigenvalue weighted by molar-refractivity contribution is 5.48. The molecule has 0 heterocycles. The van der Waals surface area contributed by atoms with Crippen molar-refractivity contribution in [3.05, 3.63) is 72.8 Å². The minimum atomic E-state index is -0.178. The highest BCUT2D eigenvalue weighted by Crippen LogP contribution is 2.18. The second-order valence-corrected chi connectivity index (χ2v) is 5.45. The van der Waals surface area contributed by atoms with Crippen LogP contribution in [0.5, 0.6) is 11.5 Å². The number of methoxy groups -OCH3 is 1. The van der Waals surface area contributed by atoms with E-state index >= 15 is 0 Å². The standard InChI is InChI=1S/C21H24O3/c1-5-17-7-11-19(12-8-17)23-15-21(22-4)16(3)24-20-13-9-18(6-2)10-14-20/h5-14,16,21H,1-2,15H2,3-4H3. The Morgan fingerprint density at radius 1 is 0.875 bits per heavy atom. The normalized spacial score (nSPS) is 12.9. The van der Waals surface area contributed by atoms with Gasteiger partial charge in [0.05, 0.1) is 0 Å². The molecule has 3 nitrogen and oxygen atoms in total. The van der Waals surface area contributed by atoms with Crippen molar-refractivity contribution >= 4 is 12.2 Å². The highest BCUT2D eigenvalue weighted by atomic mass is 16.6. The SMILES string of the molecule is C=Cc1ccc(OCC(OC)C(C)Oc2ccc(C=C)cc2)cc1. The second-order valence-electron chi connectivity index (χ2n) is 5.45. The summed E-state index contributed by atoms with van der Waals surface area (Å²) in [6.45, 7) is 9.87. The Bertz CT molecular complexity index is 644. The molecule has 0 spiro atoms. The van der Waals surface area contributed by atoms with E-state index in [-0.39, 0.29) is 12.2 Å². The molecular weight excluding hydrogens is 300 g/mol. The van der Waals surface area contributed by atoms with Crippen molar-refractivity contribution in [2.24, 2.45) is 0 Å². The molecule has 2 rings (SSSR count). The maximum absolute atomic E-state index is 5.94. The molecule has 0 aliphatic rings. The van der Waals surface area contributed by atoms with Gasteiger partial charge in [-0.05, 0) is 42.3 Å². The number of hydrogen-bond donors (Lipinski definition) is 0. The minimum Gasteiger partial charge on any atom is -0.491 e. The summed E-state index contributed by atoms with van der Waals surface area (Å²) >= 11 is 0. The van der Waals surface area contributed by atoms with Gasteiger partial charge in [-0.1, -0.05) is 49.6 Å². The fourth-order valence-electron chi connectivity index (χ4n) is 2.25. The van der Waals surface area contributed by atoms with Gasteiger partial charge in [0.2, 0.25) is 0 Å². The maximum atomic E-state index is 5.94. The molecule has 0 aromatic heterocycles. The summed E-state index contributed by atoms with van der Waals surface area (Å²) in [6.07, 6.45) is 3.28. The van der Waals surface area contributed by atoms with Gasteiger partial charge in [0.15, 0.2) is 0 Å². The van der Waals surface area contributed by atoms with Gasteiger partial charge < -0.3 is 14.2 Å². The summed E-state index contributed by atoms with van der Waals surface area (Å²) in [5.41, 5.74) is 2.12. The van der Waals surface area contributed by atoms with E-state index in [0.29, 0.717) is 6.61 Å². The topological polar surface area (TPSA) is 27.7 Å². The fraction of sp³-hybridized carbons (Fsp3) is 0.238. The maximum Gasteiger partial charge on any atom is 0.127 e. The van der Waals surface area contributed by atoms with Gasteiger partial charge >= 0.3 is 0 Å². The van der Waals surface area contributed by atoms with E-state index in [1.165, 1.54) is 0 Å². The summed E-state index contributed by atoms with van der Waals surface area (Å²) in [7, 11) is 1.66. The quantitative estimate of drug-likeness (QED) is 0.661. The zero-order valence-electron chi connectivity index (χ0n) is 14.3. The molecule has 2 atom stereocenters. The lowest BCUT2D eigenvalue weighted by Gasteiger charge is -2.24. The van der Waals surface area contributed by atoms with Crippen LogP contribution in [0.25, 0.3) is 12.2 Å². The lowest BCUT2D eigenvalue weighted by atomic mass is 10.2. The van der Waals surface area contributed by atoms with Gasteiger partial charge in [-0.15, -0.1) is 0 Å². The molecule has 0 saturated heterocycles. The molecule has 0 aliphatic heterocycles. The van der Waals surface area contributed by atoms with Crippen molar-refractivity contribution in [3.8, 4) is 11.5 Å². The molecule has 2 unspecified atom stereocenters. The molecule has 126 valence electrons. The molecular formula is C21H24O3. The van der Waals surface area contributed by atoms with Crippen LogP contribution in [0.4, 0.5) is 0 Å². The Kier molecular flexibility index (Phi) is 6.64. The Labute approximate surface area is 144 Å².